The van der Waals surface area contributed by atoms with E-state index in [4.69, 9.17) is 21.1 Å². The van der Waals surface area contributed by atoms with Crippen LogP contribution in [0.5, 0.6) is 0 Å². The van der Waals surface area contributed by atoms with Crippen molar-refractivity contribution in [2.75, 3.05) is 19.7 Å². The van der Waals surface area contributed by atoms with E-state index in [0.29, 0.717) is 48.6 Å². The summed E-state index contributed by atoms with van der Waals surface area (Å²) in [5.41, 5.74) is 2.60. The summed E-state index contributed by atoms with van der Waals surface area (Å²) in [5.74, 6) is -0.178. The molecule has 2 unspecified atom stereocenters. The maximum absolute atomic E-state index is 13.4. The molecule has 0 amide bonds. The van der Waals surface area contributed by atoms with Gasteiger partial charge in [0.05, 0.1) is 30.3 Å². The zero-order valence-electron chi connectivity index (χ0n) is 20.0. The number of ether oxygens (including phenoxy) is 2. The Labute approximate surface area is 210 Å². The van der Waals surface area contributed by atoms with Crippen LogP contribution in [0.4, 0.5) is 0 Å². The second kappa shape index (κ2) is 10.1. The Hall–Kier alpha value is -2.67. The average molecular weight is 495 g/mol. The summed E-state index contributed by atoms with van der Waals surface area (Å²) in [6, 6.07) is 13.3. The van der Waals surface area contributed by atoms with Gasteiger partial charge in [-0.15, -0.1) is 0 Å². The zero-order chi connectivity index (χ0) is 24.4. The molecule has 2 aliphatic rings. The number of hydrogen-bond acceptors (Lipinski definition) is 5. The minimum Gasteiger partial charge on any atom is -0.451 e. The number of benzene rings is 2. The van der Waals surface area contributed by atoms with Crippen molar-refractivity contribution in [2.45, 2.75) is 57.3 Å². The molecule has 35 heavy (non-hydrogen) atoms. The van der Waals surface area contributed by atoms with Gasteiger partial charge in [-0.2, -0.15) is 0 Å². The minimum atomic E-state index is -0.643. The number of morpholine rings is 1. The van der Waals surface area contributed by atoms with Gasteiger partial charge in [-0.3, -0.25) is 4.79 Å². The third-order valence-electron chi connectivity index (χ3n) is 7.11. The van der Waals surface area contributed by atoms with Crippen LogP contribution < -0.4 is 5.32 Å². The van der Waals surface area contributed by atoms with Gasteiger partial charge in [0.15, 0.2) is 5.78 Å². The second-order valence-corrected chi connectivity index (χ2v) is 9.95. The Bertz CT molecular complexity index is 1250. The summed E-state index contributed by atoms with van der Waals surface area (Å²) in [5, 5.41) is 4.90. The number of hydrogen-bond donors (Lipinski definition) is 1. The smallest absolute Gasteiger partial charge is 0.339 e. The van der Waals surface area contributed by atoms with Gasteiger partial charge in [0.25, 0.3) is 0 Å². The quantitative estimate of drug-likeness (QED) is 0.314. The molecule has 1 aromatic heterocycles. The maximum atomic E-state index is 13.4. The number of esters is 1. The maximum Gasteiger partial charge on any atom is 0.339 e. The van der Waals surface area contributed by atoms with E-state index in [1.165, 1.54) is 0 Å². The van der Waals surface area contributed by atoms with Crippen molar-refractivity contribution in [1.82, 2.24) is 9.88 Å². The highest BCUT2D eigenvalue weighted by molar-refractivity contribution is 6.31. The van der Waals surface area contributed by atoms with Gasteiger partial charge >= 0.3 is 5.97 Å². The molecule has 6 nitrogen and oxygen atoms in total. The van der Waals surface area contributed by atoms with Crippen LogP contribution in [0.25, 0.3) is 10.9 Å². The summed E-state index contributed by atoms with van der Waals surface area (Å²) in [6.45, 7) is 5.07. The highest BCUT2D eigenvalue weighted by Gasteiger charge is 2.44. The predicted octanol–water partition coefficient (Wildman–Crippen LogP) is 5.50. The monoisotopic (exact) mass is 494 g/mol. The van der Waals surface area contributed by atoms with Crippen molar-refractivity contribution >= 4 is 34.3 Å². The number of carbonyl (C=O) groups excluding carboxylic acids is 2. The Morgan fingerprint density at radius 1 is 1.23 bits per heavy atom. The van der Waals surface area contributed by atoms with Gasteiger partial charge in [0.2, 0.25) is 0 Å². The number of fused-ring (bicyclic) bond motifs is 2. The number of ketones is 1. The molecule has 5 rings (SSSR count). The molecule has 0 aliphatic carbocycles. The van der Waals surface area contributed by atoms with E-state index < -0.39 is 5.60 Å². The molecular formula is C28H31ClN2O4. The largest absolute Gasteiger partial charge is 0.451 e. The fraction of sp³-hybridized carbons (Fsp3) is 0.429. The van der Waals surface area contributed by atoms with Crippen molar-refractivity contribution in [3.05, 3.63) is 70.4 Å². The molecule has 1 saturated heterocycles. The lowest BCUT2D eigenvalue weighted by atomic mass is 9.83. The summed E-state index contributed by atoms with van der Waals surface area (Å²) >= 11 is 6.29. The molecule has 1 fully saturated rings. The molecular weight excluding hydrogens is 464 g/mol. The molecule has 0 radical (unpaired) electrons. The molecule has 2 aliphatic heterocycles. The SMILES string of the molecule is CCCC1(CCCC(=O)c2cn(CC3CNCCO3)c3cc(Cl)ccc23)OC(=O)c2ccccc21. The first-order valence-electron chi connectivity index (χ1n) is 12.5. The van der Waals surface area contributed by atoms with Crippen LogP contribution in [0.2, 0.25) is 5.02 Å². The minimum absolute atomic E-state index is 0.0484. The first kappa shape index (κ1) is 24.0. The topological polar surface area (TPSA) is 69.6 Å². The van der Waals surface area contributed by atoms with Crippen molar-refractivity contribution in [3.63, 3.8) is 0 Å². The number of aromatic nitrogens is 1. The second-order valence-electron chi connectivity index (χ2n) is 9.51. The van der Waals surface area contributed by atoms with E-state index >= 15 is 0 Å². The fourth-order valence-corrected chi connectivity index (χ4v) is 5.68. The van der Waals surface area contributed by atoms with E-state index in [-0.39, 0.29) is 17.9 Å². The number of nitrogens with one attached hydrogen (secondary N) is 1. The van der Waals surface area contributed by atoms with Crippen molar-refractivity contribution in [2.24, 2.45) is 0 Å². The van der Waals surface area contributed by atoms with Crippen LogP contribution >= 0.6 is 11.6 Å². The normalized spacial score (nSPS) is 21.8. The first-order chi connectivity index (χ1) is 17.0. The Morgan fingerprint density at radius 3 is 2.89 bits per heavy atom. The third-order valence-corrected chi connectivity index (χ3v) is 7.35. The molecule has 0 bridgehead atoms. The van der Waals surface area contributed by atoms with Crippen LogP contribution in [-0.2, 0) is 21.6 Å². The van der Waals surface area contributed by atoms with Crippen LogP contribution in [-0.4, -0.2) is 42.1 Å². The third kappa shape index (κ3) is 4.75. The summed E-state index contributed by atoms with van der Waals surface area (Å²) < 4.78 is 13.9. The number of cyclic esters (lactones) is 1. The standard InChI is InChI=1S/C28H31ClN2O4/c1-2-11-28(24-7-4-3-6-22(24)27(33)35-28)12-5-8-26(32)23-18-31(17-20-16-30-13-14-34-20)25-15-19(29)9-10-21(23)25/h3-4,6-7,9-10,15,18,20,30H,2,5,8,11-14,16-17H2,1H3. The summed E-state index contributed by atoms with van der Waals surface area (Å²) in [6.07, 6.45) is 5.27. The van der Waals surface area contributed by atoms with E-state index in [0.717, 1.165) is 42.4 Å². The van der Waals surface area contributed by atoms with Gasteiger partial charge in [-0.1, -0.05) is 49.2 Å². The number of halogens is 1. The molecule has 1 N–H and O–H groups in total. The molecule has 2 aromatic carbocycles. The predicted molar refractivity (Wildman–Crippen MR) is 136 cm³/mol. The van der Waals surface area contributed by atoms with Crippen molar-refractivity contribution < 1.29 is 19.1 Å². The first-order valence-corrected chi connectivity index (χ1v) is 12.9. The van der Waals surface area contributed by atoms with Gasteiger partial charge < -0.3 is 19.4 Å². The molecule has 7 heteroatoms. The lowest BCUT2D eigenvalue weighted by molar-refractivity contribution is -0.0189. The lowest BCUT2D eigenvalue weighted by Crippen LogP contribution is -2.40. The zero-order valence-corrected chi connectivity index (χ0v) is 20.8. The van der Waals surface area contributed by atoms with Gasteiger partial charge in [0.1, 0.15) is 5.60 Å². The van der Waals surface area contributed by atoms with Crippen molar-refractivity contribution in [1.29, 1.82) is 0 Å². The summed E-state index contributed by atoms with van der Waals surface area (Å²) in [4.78, 5) is 25.9. The summed E-state index contributed by atoms with van der Waals surface area (Å²) in [7, 11) is 0. The molecule has 3 aromatic rings. The van der Waals surface area contributed by atoms with E-state index in [1.54, 1.807) is 0 Å². The van der Waals surface area contributed by atoms with Crippen LogP contribution in [0, 0.1) is 0 Å². The Kier molecular flexibility index (Phi) is 6.96. The van der Waals surface area contributed by atoms with Crippen LogP contribution in [0.1, 0.15) is 65.3 Å². The molecule has 0 saturated carbocycles. The number of carbonyl (C=O) groups is 2. The van der Waals surface area contributed by atoms with E-state index in [1.807, 2.05) is 48.7 Å². The van der Waals surface area contributed by atoms with Crippen LogP contribution in [0.15, 0.2) is 48.7 Å². The lowest BCUT2D eigenvalue weighted by Gasteiger charge is -2.28. The molecule has 3 heterocycles. The van der Waals surface area contributed by atoms with Gasteiger partial charge in [-0.25, -0.2) is 4.79 Å². The van der Waals surface area contributed by atoms with Crippen LogP contribution in [0.3, 0.4) is 0 Å². The van der Waals surface area contributed by atoms with Crippen molar-refractivity contribution in [3.8, 4) is 0 Å². The molecule has 184 valence electrons. The van der Waals surface area contributed by atoms with E-state index in [9.17, 15) is 9.59 Å². The number of rotatable bonds is 9. The number of Topliss-reactive ketones (excluding diaryl/α,β-unsaturated/α-hetero) is 1. The van der Waals surface area contributed by atoms with Gasteiger partial charge in [-0.05, 0) is 37.5 Å². The highest BCUT2D eigenvalue weighted by atomic mass is 35.5. The fourth-order valence-electron chi connectivity index (χ4n) is 5.51. The molecule has 0 spiro atoms. The van der Waals surface area contributed by atoms with Gasteiger partial charge in [0, 0.05) is 47.2 Å². The Morgan fingerprint density at radius 2 is 2.09 bits per heavy atom. The average Bonchev–Trinajstić information content (AvgIpc) is 3.35. The number of nitrogens with zero attached hydrogens (tertiary/aromatic N) is 1. The highest BCUT2D eigenvalue weighted by Crippen LogP contribution is 2.43. The molecule has 2 atom stereocenters. The Balaban J connectivity index is 1.34. The van der Waals surface area contributed by atoms with E-state index in [2.05, 4.69) is 16.8 Å².